The largest absolute Gasteiger partial charge is 0.403 e. The van der Waals surface area contributed by atoms with Crippen molar-refractivity contribution in [2.24, 2.45) is 0 Å². The van der Waals surface area contributed by atoms with Gasteiger partial charge in [-0.2, -0.15) is 4.31 Å². The molecule has 33 heavy (non-hydrogen) atoms. The van der Waals surface area contributed by atoms with E-state index in [1.54, 1.807) is 0 Å². The van der Waals surface area contributed by atoms with Crippen molar-refractivity contribution < 1.29 is 17.6 Å². The van der Waals surface area contributed by atoms with Crippen LogP contribution in [-0.2, 0) is 10.0 Å². The second kappa shape index (κ2) is 9.93. The number of anilines is 1. The Labute approximate surface area is 193 Å². The number of rotatable bonds is 9. The smallest absolute Gasteiger partial charge is 0.322 e. The highest BCUT2D eigenvalue weighted by Gasteiger charge is 2.23. The Morgan fingerprint density at radius 1 is 1.03 bits per heavy atom. The highest BCUT2D eigenvalue weighted by atomic mass is 32.2. The fraction of sp³-hybridized carbons (Fsp3) is 0.208. The molecule has 3 rings (SSSR count). The highest BCUT2D eigenvalue weighted by Crippen LogP contribution is 2.25. The van der Waals surface area contributed by atoms with Gasteiger partial charge >= 0.3 is 6.01 Å². The van der Waals surface area contributed by atoms with Gasteiger partial charge in [-0.15, -0.1) is 18.3 Å². The molecule has 0 atom stereocenters. The van der Waals surface area contributed by atoms with Crippen LogP contribution in [0.5, 0.6) is 0 Å². The number of hydrogen-bond donors (Lipinski definition) is 1. The quantitative estimate of drug-likeness (QED) is 0.472. The Morgan fingerprint density at radius 3 is 2.15 bits per heavy atom. The lowest BCUT2D eigenvalue weighted by atomic mass is 10.0. The molecule has 0 aliphatic heterocycles. The molecule has 0 unspecified atom stereocenters. The topological polar surface area (TPSA) is 105 Å². The highest BCUT2D eigenvalue weighted by molar-refractivity contribution is 7.89. The first-order valence-electron chi connectivity index (χ1n) is 10.2. The van der Waals surface area contributed by atoms with E-state index in [2.05, 4.69) is 28.7 Å². The predicted octanol–water partition coefficient (Wildman–Crippen LogP) is 4.28. The number of nitrogens with one attached hydrogen (secondary N) is 1. The van der Waals surface area contributed by atoms with Crippen LogP contribution in [0.2, 0.25) is 0 Å². The standard InChI is InChI=1S/C24H26N4O4S/c1-6-12-28(13-7-2)33(30,31)21-10-8-19(9-11-21)22(29)25-24-27-26-23(32-24)20-14-16(3)18(5)17(4)15-20/h6-11,14-15H,1-2,12-13H2,3-5H3,(H,25,27,29). The van der Waals surface area contributed by atoms with Crippen molar-refractivity contribution in [1.29, 1.82) is 0 Å². The number of hydrogen-bond acceptors (Lipinski definition) is 6. The average Bonchev–Trinajstić information content (AvgIpc) is 3.25. The summed E-state index contributed by atoms with van der Waals surface area (Å²) in [4.78, 5) is 12.7. The third-order valence-corrected chi connectivity index (χ3v) is 7.09. The molecule has 9 heteroatoms. The van der Waals surface area contributed by atoms with E-state index in [0.717, 1.165) is 16.7 Å². The molecule has 2 aromatic carbocycles. The lowest BCUT2D eigenvalue weighted by molar-refractivity contribution is 0.102. The monoisotopic (exact) mass is 466 g/mol. The lowest BCUT2D eigenvalue weighted by Gasteiger charge is -2.19. The molecule has 0 bridgehead atoms. The summed E-state index contributed by atoms with van der Waals surface area (Å²) in [6.07, 6.45) is 3.00. The molecule has 1 N–H and O–H groups in total. The number of carbonyl (C=O) groups excluding carboxylic acids is 1. The minimum Gasteiger partial charge on any atom is -0.403 e. The minimum atomic E-state index is -3.75. The van der Waals surface area contributed by atoms with Gasteiger partial charge in [0.1, 0.15) is 0 Å². The van der Waals surface area contributed by atoms with Crippen LogP contribution in [0.4, 0.5) is 6.01 Å². The molecule has 1 amide bonds. The molecule has 0 aliphatic rings. The molecular formula is C24H26N4O4S. The van der Waals surface area contributed by atoms with Crippen molar-refractivity contribution in [3.63, 3.8) is 0 Å². The van der Waals surface area contributed by atoms with Crippen LogP contribution in [0.15, 0.2) is 71.0 Å². The Balaban J connectivity index is 1.75. The Morgan fingerprint density at radius 2 is 1.61 bits per heavy atom. The molecule has 0 saturated heterocycles. The number of nitrogens with zero attached hydrogens (tertiary/aromatic N) is 3. The molecule has 1 heterocycles. The Hall–Kier alpha value is -3.56. The molecule has 8 nitrogen and oxygen atoms in total. The van der Waals surface area contributed by atoms with E-state index in [9.17, 15) is 13.2 Å². The zero-order valence-electron chi connectivity index (χ0n) is 18.8. The van der Waals surface area contributed by atoms with Gasteiger partial charge in [-0.3, -0.25) is 10.1 Å². The van der Waals surface area contributed by atoms with Crippen LogP contribution in [0.25, 0.3) is 11.5 Å². The van der Waals surface area contributed by atoms with E-state index in [4.69, 9.17) is 4.42 Å². The van der Waals surface area contributed by atoms with Gasteiger partial charge in [0, 0.05) is 24.2 Å². The van der Waals surface area contributed by atoms with Crippen LogP contribution in [0, 0.1) is 20.8 Å². The van der Waals surface area contributed by atoms with Gasteiger partial charge in [0.05, 0.1) is 4.90 Å². The van der Waals surface area contributed by atoms with E-state index in [-0.39, 0.29) is 29.6 Å². The van der Waals surface area contributed by atoms with Crippen LogP contribution in [0.1, 0.15) is 27.0 Å². The zero-order chi connectivity index (χ0) is 24.2. The van der Waals surface area contributed by atoms with E-state index < -0.39 is 15.9 Å². The van der Waals surface area contributed by atoms with Crippen molar-refractivity contribution in [1.82, 2.24) is 14.5 Å². The first kappa shape index (κ1) is 24.1. The maximum atomic E-state index is 12.8. The average molecular weight is 467 g/mol. The third kappa shape index (κ3) is 5.27. The first-order chi connectivity index (χ1) is 15.7. The predicted molar refractivity (Wildman–Crippen MR) is 127 cm³/mol. The second-order valence-corrected chi connectivity index (χ2v) is 9.46. The molecule has 3 aromatic rings. The van der Waals surface area contributed by atoms with Gasteiger partial charge in [-0.1, -0.05) is 17.3 Å². The maximum absolute atomic E-state index is 12.8. The van der Waals surface area contributed by atoms with E-state index in [1.165, 1.54) is 46.3 Å². The van der Waals surface area contributed by atoms with Gasteiger partial charge in [-0.25, -0.2) is 8.42 Å². The summed E-state index contributed by atoms with van der Waals surface area (Å²) in [7, 11) is -3.75. The van der Waals surface area contributed by atoms with E-state index >= 15 is 0 Å². The molecule has 1 aromatic heterocycles. The summed E-state index contributed by atoms with van der Waals surface area (Å²) < 4.78 is 32.4. The molecule has 0 radical (unpaired) electrons. The van der Waals surface area contributed by atoms with Gasteiger partial charge in [0.15, 0.2) is 0 Å². The van der Waals surface area contributed by atoms with Crippen LogP contribution < -0.4 is 5.32 Å². The molecule has 0 saturated carbocycles. The SMILES string of the molecule is C=CCN(CC=C)S(=O)(=O)c1ccc(C(=O)Nc2nnc(-c3cc(C)c(C)c(C)c3)o2)cc1. The van der Waals surface area contributed by atoms with Gasteiger partial charge in [-0.05, 0) is 73.9 Å². The van der Waals surface area contributed by atoms with Crippen LogP contribution in [-0.4, -0.2) is 41.9 Å². The third-order valence-electron chi connectivity index (χ3n) is 5.24. The van der Waals surface area contributed by atoms with Crippen molar-refractivity contribution in [2.45, 2.75) is 25.7 Å². The first-order valence-corrected chi connectivity index (χ1v) is 11.7. The maximum Gasteiger partial charge on any atom is 0.322 e. The summed E-state index contributed by atoms with van der Waals surface area (Å²) in [6, 6.07) is 9.44. The van der Waals surface area contributed by atoms with Crippen molar-refractivity contribution in [2.75, 3.05) is 18.4 Å². The van der Waals surface area contributed by atoms with Gasteiger partial charge in [0.25, 0.3) is 5.91 Å². The summed E-state index contributed by atoms with van der Waals surface area (Å²) in [6.45, 7) is 13.5. The fourth-order valence-electron chi connectivity index (χ4n) is 3.20. The van der Waals surface area contributed by atoms with E-state index in [0.29, 0.717) is 5.89 Å². The van der Waals surface area contributed by atoms with Crippen molar-refractivity contribution in [3.05, 3.63) is 84.0 Å². The van der Waals surface area contributed by atoms with Crippen LogP contribution >= 0.6 is 0 Å². The zero-order valence-corrected chi connectivity index (χ0v) is 19.6. The summed E-state index contributed by atoms with van der Waals surface area (Å²) in [5.41, 5.74) is 4.40. The number of carbonyl (C=O) groups is 1. The van der Waals surface area contributed by atoms with Crippen LogP contribution in [0.3, 0.4) is 0 Å². The number of sulfonamides is 1. The van der Waals surface area contributed by atoms with Gasteiger partial charge < -0.3 is 4.42 Å². The number of benzene rings is 2. The molecule has 0 fully saturated rings. The normalized spacial score (nSPS) is 11.4. The molecule has 0 spiro atoms. The van der Waals surface area contributed by atoms with Gasteiger partial charge in [0.2, 0.25) is 15.9 Å². The van der Waals surface area contributed by atoms with Crippen molar-refractivity contribution in [3.8, 4) is 11.5 Å². The lowest BCUT2D eigenvalue weighted by Crippen LogP contribution is -2.31. The summed E-state index contributed by atoms with van der Waals surface area (Å²) in [5.74, 6) is -0.207. The van der Waals surface area contributed by atoms with E-state index in [1.807, 2.05) is 32.9 Å². The number of amides is 1. The second-order valence-electron chi connectivity index (χ2n) is 7.53. The fourth-order valence-corrected chi connectivity index (χ4v) is 4.59. The Kier molecular flexibility index (Phi) is 7.25. The summed E-state index contributed by atoms with van der Waals surface area (Å²) in [5, 5.41) is 10.4. The number of aromatic nitrogens is 2. The molecule has 172 valence electrons. The molecule has 0 aliphatic carbocycles. The summed E-state index contributed by atoms with van der Waals surface area (Å²) >= 11 is 0. The minimum absolute atomic E-state index is 0.0503. The molecular weight excluding hydrogens is 440 g/mol. The Bertz CT molecular complexity index is 1260. The van der Waals surface area contributed by atoms with Crippen molar-refractivity contribution >= 4 is 21.9 Å². The number of aryl methyl sites for hydroxylation is 2.